The molecule has 0 aromatic rings. The van der Waals surface area contributed by atoms with Gasteiger partial charge in [-0.15, -0.1) is 0 Å². The first kappa shape index (κ1) is 4.64. The van der Waals surface area contributed by atoms with Gasteiger partial charge in [0.2, 0.25) is 0 Å². The molecular formula is C6H10N+. The molecule has 1 aliphatic rings. The van der Waals surface area contributed by atoms with Crippen LogP contribution in [0.15, 0.2) is 0 Å². The Kier molecular flexibility index (Phi) is 1.31. The van der Waals surface area contributed by atoms with Gasteiger partial charge in [-0.25, -0.2) is 0 Å². The fourth-order valence-electron chi connectivity index (χ4n) is 0.720. The molecule has 1 nitrogen and oxygen atoms in total. The Bertz CT molecular complexity index is 103. The van der Waals surface area contributed by atoms with Gasteiger partial charge in [0.25, 0.3) is 13.1 Å². The van der Waals surface area contributed by atoms with Gasteiger partial charge >= 0.3 is 0 Å². The van der Waals surface area contributed by atoms with Gasteiger partial charge in [0.05, 0.1) is 5.92 Å². The van der Waals surface area contributed by atoms with Crippen LogP contribution < -0.4 is 0 Å². The first-order valence-electron chi connectivity index (χ1n) is 2.78. The summed E-state index contributed by atoms with van der Waals surface area (Å²) in [6.07, 6.45) is 4.02. The van der Waals surface area contributed by atoms with E-state index in [1.54, 1.807) is 7.05 Å². The standard InChI is InChI=1S/C6H10N/c1-7-5-6-3-2-4-6/h6H,2-4H2,1H3/q+1. The van der Waals surface area contributed by atoms with Gasteiger partial charge in [-0.05, 0) is 12.8 Å². The van der Waals surface area contributed by atoms with Crippen molar-refractivity contribution in [3.05, 3.63) is 4.85 Å². The third-order valence-corrected chi connectivity index (χ3v) is 1.42. The summed E-state index contributed by atoms with van der Waals surface area (Å²) in [5.41, 5.74) is 0. The van der Waals surface area contributed by atoms with Crippen molar-refractivity contribution in [2.45, 2.75) is 19.3 Å². The zero-order valence-electron chi connectivity index (χ0n) is 4.65. The Morgan fingerprint density at radius 2 is 2.29 bits per heavy atom. The van der Waals surface area contributed by atoms with E-state index in [0.717, 1.165) is 0 Å². The molecule has 1 rings (SSSR count). The summed E-state index contributed by atoms with van der Waals surface area (Å²) in [6.45, 7) is 0. The van der Waals surface area contributed by atoms with Gasteiger partial charge in [0, 0.05) is 0 Å². The van der Waals surface area contributed by atoms with E-state index < -0.39 is 0 Å². The Hall–Kier alpha value is -0.510. The molecule has 1 heteroatoms. The third-order valence-electron chi connectivity index (χ3n) is 1.42. The average molecular weight is 96.2 g/mol. The molecule has 0 aliphatic heterocycles. The minimum absolute atomic E-state index is 0.713. The summed E-state index contributed by atoms with van der Waals surface area (Å²) in [6, 6.07) is 3.01. The zero-order chi connectivity index (χ0) is 5.11. The van der Waals surface area contributed by atoms with Crippen molar-refractivity contribution in [2.75, 3.05) is 7.05 Å². The van der Waals surface area contributed by atoms with Crippen LogP contribution in [0.3, 0.4) is 0 Å². The molecule has 0 aromatic heterocycles. The van der Waals surface area contributed by atoms with Crippen LogP contribution in [-0.4, -0.2) is 7.05 Å². The number of nitrogens with zero attached hydrogens (tertiary/aromatic N) is 1. The van der Waals surface area contributed by atoms with E-state index >= 15 is 0 Å². The van der Waals surface area contributed by atoms with Crippen molar-refractivity contribution in [1.82, 2.24) is 0 Å². The predicted molar refractivity (Wildman–Crippen MR) is 30.5 cm³/mol. The summed E-state index contributed by atoms with van der Waals surface area (Å²) < 4.78 is 0. The minimum Gasteiger partial charge on any atom is -0.0867 e. The van der Waals surface area contributed by atoms with E-state index in [9.17, 15) is 0 Å². The Morgan fingerprint density at radius 3 is 2.43 bits per heavy atom. The fraction of sp³-hybridized carbons (Fsp3) is 0.833. The second kappa shape index (κ2) is 1.97. The molecule has 0 heterocycles. The maximum atomic E-state index is 3.81. The fourth-order valence-corrected chi connectivity index (χ4v) is 0.720. The molecule has 1 fully saturated rings. The van der Waals surface area contributed by atoms with E-state index in [1.165, 1.54) is 19.3 Å². The molecule has 0 unspecified atom stereocenters. The molecule has 1 saturated carbocycles. The smallest absolute Gasteiger partial charge is 0.0867 e. The Morgan fingerprint density at radius 1 is 1.57 bits per heavy atom. The van der Waals surface area contributed by atoms with Gasteiger partial charge < -0.3 is 0 Å². The van der Waals surface area contributed by atoms with Gasteiger partial charge in [0.1, 0.15) is 0 Å². The summed E-state index contributed by atoms with van der Waals surface area (Å²) in [5, 5.41) is 0. The molecular weight excluding hydrogens is 86.1 g/mol. The lowest BCUT2D eigenvalue weighted by Gasteiger charge is -2.13. The monoisotopic (exact) mass is 96.1 g/mol. The highest BCUT2D eigenvalue weighted by Gasteiger charge is 2.19. The van der Waals surface area contributed by atoms with Crippen molar-refractivity contribution >= 4 is 0 Å². The normalized spacial score (nSPS) is 19.6. The highest BCUT2D eigenvalue weighted by Crippen LogP contribution is 2.24. The molecule has 0 atom stereocenters. The molecule has 38 valence electrons. The quantitative estimate of drug-likeness (QED) is 0.432. The SMILES string of the molecule is C[N+]#CC1CCC1. The largest absolute Gasteiger partial charge is 0.275 e. The predicted octanol–water partition coefficient (Wildman–Crippen LogP) is 1.75. The van der Waals surface area contributed by atoms with Crippen molar-refractivity contribution in [2.24, 2.45) is 5.92 Å². The maximum absolute atomic E-state index is 3.81. The minimum atomic E-state index is 0.713. The van der Waals surface area contributed by atoms with E-state index in [4.69, 9.17) is 0 Å². The van der Waals surface area contributed by atoms with Crippen LogP contribution in [-0.2, 0) is 0 Å². The molecule has 0 aromatic carbocycles. The molecule has 1 aliphatic carbocycles. The second-order valence-electron chi connectivity index (χ2n) is 1.98. The van der Waals surface area contributed by atoms with Crippen LogP contribution in [0.2, 0.25) is 0 Å². The van der Waals surface area contributed by atoms with Crippen LogP contribution in [0.4, 0.5) is 0 Å². The molecule has 0 N–H and O–H groups in total. The van der Waals surface area contributed by atoms with Crippen LogP contribution in [0.1, 0.15) is 19.3 Å². The van der Waals surface area contributed by atoms with Gasteiger partial charge in [0.15, 0.2) is 0 Å². The summed E-state index contributed by atoms with van der Waals surface area (Å²) in [5.74, 6) is 0.713. The molecule has 0 spiro atoms. The summed E-state index contributed by atoms with van der Waals surface area (Å²) in [4.78, 5) is 3.81. The Balaban J connectivity index is 2.23. The molecule has 7 heavy (non-hydrogen) atoms. The van der Waals surface area contributed by atoms with E-state index in [-0.39, 0.29) is 0 Å². The average Bonchev–Trinajstić information content (AvgIpc) is 1.55. The maximum Gasteiger partial charge on any atom is 0.275 e. The zero-order valence-corrected chi connectivity index (χ0v) is 4.65. The van der Waals surface area contributed by atoms with Gasteiger partial charge in [-0.3, -0.25) is 0 Å². The van der Waals surface area contributed by atoms with Crippen molar-refractivity contribution in [1.29, 1.82) is 0 Å². The molecule has 0 radical (unpaired) electrons. The van der Waals surface area contributed by atoms with Crippen LogP contribution in [0, 0.1) is 12.0 Å². The van der Waals surface area contributed by atoms with Crippen LogP contribution >= 0.6 is 0 Å². The first-order valence-corrected chi connectivity index (χ1v) is 2.78. The third kappa shape index (κ3) is 0.928. The topological polar surface area (TPSA) is 4.36 Å². The number of rotatable bonds is 0. The number of hydrogen-bond donors (Lipinski definition) is 0. The summed E-state index contributed by atoms with van der Waals surface area (Å²) >= 11 is 0. The lowest BCUT2D eigenvalue weighted by molar-refractivity contribution is 0.401. The van der Waals surface area contributed by atoms with Crippen molar-refractivity contribution in [3.63, 3.8) is 0 Å². The Labute approximate surface area is 44.2 Å². The van der Waals surface area contributed by atoms with E-state index in [1.807, 2.05) is 0 Å². The van der Waals surface area contributed by atoms with Gasteiger partial charge in [-0.2, -0.15) is 0 Å². The molecule has 0 amide bonds. The lowest BCUT2D eigenvalue weighted by Crippen LogP contribution is -2.06. The lowest BCUT2D eigenvalue weighted by atomic mass is 9.87. The van der Waals surface area contributed by atoms with E-state index in [2.05, 4.69) is 10.9 Å². The first-order chi connectivity index (χ1) is 3.43. The highest BCUT2D eigenvalue weighted by molar-refractivity contribution is 4.96. The van der Waals surface area contributed by atoms with Crippen LogP contribution in [0.25, 0.3) is 4.85 Å². The second-order valence-corrected chi connectivity index (χ2v) is 1.98. The molecule has 0 saturated heterocycles. The van der Waals surface area contributed by atoms with Crippen molar-refractivity contribution in [3.8, 4) is 6.07 Å². The highest BCUT2D eigenvalue weighted by atomic mass is 14.6. The van der Waals surface area contributed by atoms with E-state index in [0.29, 0.717) is 5.92 Å². The van der Waals surface area contributed by atoms with Gasteiger partial charge in [-0.1, -0.05) is 11.3 Å². The molecule has 0 bridgehead atoms. The number of hydrogen-bond acceptors (Lipinski definition) is 0. The van der Waals surface area contributed by atoms with Crippen molar-refractivity contribution < 1.29 is 0 Å². The van der Waals surface area contributed by atoms with Crippen LogP contribution in [0.5, 0.6) is 0 Å². The summed E-state index contributed by atoms with van der Waals surface area (Å²) in [7, 11) is 1.79.